The minimum Gasteiger partial charge on any atom is -0.495 e. The Labute approximate surface area is 129 Å². The highest BCUT2D eigenvalue weighted by Crippen LogP contribution is 2.30. The molecule has 0 radical (unpaired) electrons. The summed E-state index contributed by atoms with van der Waals surface area (Å²) in [6.07, 6.45) is 2.69. The third-order valence-corrected chi connectivity index (χ3v) is 4.45. The first-order valence-electron chi connectivity index (χ1n) is 7.13. The second-order valence-corrected chi connectivity index (χ2v) is 5.83. The fraction of sp³-hybridized carbons (Fsp3) is 0.278. The van der Waals surface area contributed by atoms with Gasteiger partial charge in [-0.1, -0.05) is 35.9 Å². The van der Waals surface area contributed by atoms with Crippen molar-refractivity contribution in [3.8, 4) is 5.75 Å². The molecule has 0 aliphatic heterocycles. The first-order valence-corrected chi connectivity index (χ1v) is 7.51. The van der Waals surface area contributed by atoms with E-state index in [1.165, 1.54) is 11.1 Å². The number of hydrogen-bond donors (Lipinski definition) is 0. The number of fused-ring (bicyclic) bond motifs is 1. The quantitative estimate of drug-likeness (QED) is 0.788. The zero-order valence-corrected chi connectivity index (χ0v) is 12.7. The molecular weight excluding hydrogens is 284 g/mol. The summed E-state index contributed by atoms with van der Waals surface area (Å²) in [6, 6.07) is 13.6. The van der Waals surface area contributed by atoms with Gasteiger partial charge in [-0.05, 0) is 48.6 Å². The summed E-state index contributed by atoms with van der Waals surface area (Å²) >= 11 is 6.12. The number of methoxy groups -OCH3 is 1. The Bertz CT molecular complexity index is 679. The van der Waals surface area contributed by atoms with E-state index in [1.807, 2.05) is 6.07 Å². The van der Waals surface area contributed by atoms with Gasteiger partial charge in [0, 0.05) is 11.5 Å². The van der Waals surface area contributed by atoms with Crippen molar-refractivity contribution in [2.45, 2.75) is 19.3 Å². The molecule has 3 rings (SSSR count). The molecule has 2 aromatic carbocycles. The van der Waals surface area contributed by atoms with Gasteiger partial charge >= 0.3 is 0 Å². The Morgan fingerprint density at radius 1 is 1.19 bits per heavy atom. The third kappa shape index (κ3) is 2.81. The summed E-state index contributed by atoms with van der Waals surface area (Å²) in [4.78, 5) is 12.7. The van der Waals surface area contributed by atoms with Crippen LogP contribution in [-0.2, 0) is 12.8 Å². The Kier molecular flexibility index (Phi) is 3.98. The van der Waals surface area contributed by atoms with E-state index in [0.717, 1.165) is 19.3 Å². The van der Waals surface area contributed by atoms with Gasteiger partial charge in [-0.3, -0.25) is 4.79 Å². The van der Waals surface area contributed by atoms with Crippen LogP contribution in [0.15, 0.2) is 42.5 Å². The van der Waals surface area contributed by atoms with Crippen LogP contribution in [0.2, 0.25) is 5.02 Å². The van der Waals surface area contributed by atoms with Crippen LogP contribution < -0.4 is 4.74 Å². The Morgan fingerprint density at radius 2 is 1.95 bits per heavy atom. The number of benzene rings is 2. The van der Waals surface area contributed by atoms with Crippen molar-refractivity contribution in [1.82, 2.24) is 0 Å². The molecule has 1 aliphatic carbocycles. The molecule has 0 saturated carbocycles. The number of ether oxygens (including phenoxy) is 1. The highest BCUT2D eigenvalue weighted by Gasteiger charge is 2.25. The zero-order valence-electron chi connectivity index (χ0n) is 11.9. The molecule has 1 unspecified atom stereocenters. The largest absolute Gasteiger partial charge is 0.495 e. The molecule has 2 nitrogen and oxygen atoms in total. The van der Waals surface area contributed by atoms with Gasteiger partial charge in [0.15, 0.2) is 5.78 Å². The summed E-state index contributed by atoms with van der Waals surface area (Å²) in [6.45, 7) is 0. The van der Waals surface area contributed by atoms with E-state index in [4.69, 9.17) is 16.3 Å². The van der Waals surface area contributed by atoms with Gasteiger partial charge < -0.3 is 4.74 Å². The number of carbonyl (C=O) groups is 1. The van der Waals surface area contributed by atoms with Crippen molar-refractivity contribution >= 4 is 17.4 Å². The molecule has 108 valence electrons. The monoisotopic (exact) mass is 300 g/mol. The van der Waals surface area contributed by atoms with Crippen molar-refractivity contribution in [2.24, 2.45) is 5.92 Å². The summed E-state index contributed by atoms with van der Waals surface area (Å²) in [5.74, 6) is 0.820. The van der Waals surface area contributed by atoms with Crippen molar-refractivity contribution in [3.05, 3.63) is 64.2 Å². The molecule has 0 spiro atoms. The minimum atomic E-state index is 0.0457. The first-order chi connectivity index (χ1) is 10.2. The maximum Gasteiger partial charge on any atom is 0.166 e. The fourth-order valence-corrected chi connectivity index (χ4v) is 3.23. The van der Waals surface area contributed by atoms with Crippen LogP contribution >= 0.6 is 11.6 Å². The van der Waals surface area contributed by atoms with Gasteiger partial charge in [0.2, 0.25) is 0 Å². The minimum absolute atomic E-state index is 0.0457. The van der Waals surface area contributed by atoms with Gasteiger partial charge in [-0.2, -0.15) is 0 Å². The van der Waals surface area contributed by atoms with Crippen LogP contribution in [0.1, 0.15) is 27.9 Å². The highest BCUT2D eigenvalue weighted by atomic mass is 35.5. The second kappa shape index (κ2) is 5.90. The molecule has 0 bridgehead atoms. The van der Waals surface area contributed by atoms with Gasteiger partial charge in [0.05, 0.1) is 12.1 Å². The summed E-state index contributed by atoms with van der Waals surface area (Å²) < 4.78 is 5.13. The number of Topliss-reactive ketones (excluding diaryl/α,β-unsaturated/α-hetero) is 1. The van der Waals surface area contributed by atoms with Gasteiger partial charge in [0.25, 0.3) is 0 Å². The van der Waals surface area contributed by atoms with Gasteiger partial charge in [0.1, 0.15) is 5.75 Å². The smallest absolute Gasteiger partial charge is 0.166 e. The van der Waals surface area contributed by atoms with E-state index in [0.29, 0.717) is 16.3 Å². The van der Waals surface area contributed by atoms with Crippen LogP contribution in [0, 0.1) is 5.92 Å². The maximum atomic E-state index is 12.7. The Morgan fingerprint density at radius 3 is 2.67 bits per heavy atom. The predicted molar refractivity (Wildman–Crippen MR) is 84.3 cm³/mol. The van der Waals surface area contributed by atoms with Crippen molar-refractivity contribution in [2.75, 3.05) is 7.11 Å². The number of halogens is 1. The highest BCUT2D eigenvalue weighted by molar-refractivity contribution is 6.32. The molecule has 0 amide bonds. The molecule has 0 heterocycles. The number of hydrogen-bond acceptors (Lipinski definition) is 2. The van der Waals surface area contributed by atoms with E-state index in [2.05, 4.69) is 18.2 Å². The van der Waals surface area contributed by atoms with Gasteiger partial charge in [-0.15, -0.1) is 0 Å². The van der Waals surface area contributed by atoms with Crippen LogP contribution in [0.25, 0.3) is 0 Å². The molecular formula is C18H17ClO2. The molecule has 0 aromatic heterocycles. The average Bonchev–Trinajstić information content (AvgIpc) is 2.53. The predicted octanol–water partition coefficient (Wildman–Crippen LogP) is 4.34. The van der Waals surface area contributed by atoms with Crippen LogP contribution in [0.5, 0.6) is 5.75 Å². The van der Waals surface area contributed by atoms with Crippen LogP contribution in [0.4, 0.5) is 0 Å². The van der Waals surface area contributed by atoms with E-state index >= 15 is 0 Å². The van der Waals surface area contributed by atoms with E-state index in [1.54, 1.807) is 25.3 Å². The number of carbonyl (C=O) groups excluding carboxylic acids is 1. The first kappa shape index (κ1) is 14.2. The second-order valence-electron chi connectivity index (χ2n) is 5.42. The van der Waals surface area contributed by atoms with E-state index in [-0.39, 0.29) is 11.7 Å². The SMILES string of the molecule is COc1ccc(C(=O)C2CCc3ccccc3C2)cc1Cl. The lowest BCUT2D eigenvalue weighted by Crippen LogP contribution is -2.22. The zero-order chi connectivity index (χ0) is 14.8. The molecule has 0 fully saturated rings. The van der Waals surface area contributed by atoms with Crippen LogP contribution in [0.3, 0.4) is 0 Å². The van der Waals surface area contributed by atoms with E-state index in [9.17, 15) is 4.79 Å². The fourth-order valence-electron chi connectivity index (χ4n) is 2.98. The summed E-state index contributed by atoms with van der Waals surface area (Å²) in [5.41, 5.74) is 3.33. The van der Waals surface area contributed by atoms with Crippen molar-refractivity contribution in [1.29, 1.82) is 0 Å². The van der Waals surface area contributed by atoms with Crippen LogP contribution in [-0.4, -0.2) is 12.9 Å². The summed E-state index contributed by atoms with van der Waals surface area (Å²) in [7, 11) is 1.57. The van der Waals surface area contributed by atoms with Crippen molar-refractivity contribution in [3.63, 3.8) is 0 Å². The molecule has 2 aromatic rings. The lowest BCUT2D eigenvalue weighted by atomic mass is 9.80. The van der Waals surface area contributed by atoms with E-state index < -0.39 is 0 Å². The lowest BCUT2D eigenvalue weighted by Gasteiger charge is -2.23. The third-order valence-electron chi connectivity index (χ3n) is 4.15. The Balaban J connectivity index is 1.82. The molecule has 1 aliphatic rings. The molecule has 21 heavy (non-hydrogen) atoms. The number of aryl methyl sites for hydroxylation is 1. The normalized spacial score (nSPS) is 17.1. The maximum absolute atomic E-state index is 12.7. The van der Waals surface area contributed by atoms with Crippen molar-refractivity contribution < 1.29 is 9.53 Å². The molecule has 0 saturated heterocycles. The molecule has 0 N–H and O–H groups in total. The number of rotatable bonds is 3. The molecule has 1 atom stereocenters. The average molecular weight is 301 g/mol. The Hall–Kier alpha value is -1.80. The van der Waals surface area contributed by atoms with Gasteiger partial charge in [-0.25, -0.2) is 0 Å². The summed E-state index contributed by atoms with van der Waals surface area (Å²) in [5, 5.41) is 0.486. The topological polar surface area (TPSA) is 26.3 Å². The standard InChI is InChI=1S/C18H17ClO2/c1-21-17-9-8-15(11-16(17)19)18(20)14-7-6-12-4-2-3-5-13(12)10-14/h2-5,8-9,11,14H,6-7,10H2,1H3. The lowest BCUT2D eigenvalue weighted by molar-refractivity contribution is 0.0908. The molecule has 3 heteroatoms. The number of ketones is 1.